The Morgan fingerprint density at radius 1 is 1.33 bits per heavy atom. The monoisotopic (exact) mass is 214 g/mol. The van der Waals surface area contributed by atoms with Gasteiger partial charge < -0.3 is 22.1 Å². The van der Waals surface area contributed by atoms with Crippen molar-refractivity contribution in [2.24, 2.45) is 22.8 Å². The maximum Gasteiger partial charge on any atom is 0.312 e. The number of urea groups is 2. The summed E-state index contributed by atoms with van der Waals surface area (Å²) in [6.07, 6.45) is 0.816. The summed E-state index contributed by atoms with van der Waals surface area (Å²) in [5.74, 6) is 0.321. The van der Waals surface area contributed by atoms with Crippen LogP contribution in [0.2, 0.25) is 0 Å². The van der Waals surface area contributed by atoms with E-state index in [1.165, 1.54) is 0 Å². The van der Waals surface area contributed by atoms with Crippen LogP contribution in [0, 0.1) is 11.3 Å². The zero-order chi connectivity index (χ0) is 11.6. The number of amides is 4. The van der Waals surface area contributed by atoms with Gasteiger partial charge in [-0.25, -0.2) is 9.59 Å². The third kappa shape index (κ3) is 2.51. The van der Waals surface area contributed by atoms with Crippen LogP contribution >= 0.6 is 0 Å². The molecule has 0 aliphatic heterocycles. The molecule has 86 valence electrons. The molecule has 0 aromatic rings. The average Bonchev–Trinajstić information content (AvgIpc) is 2.09. The third-order valence-electron chi connectivity index (χ3n) is 3.31. The van der Waals surface area contributed by atoms with Crippen LogP contribution in [0.5, 0.6) is 0 Å². The Hall–Kier alpha value is -1.46. The Bertz CT molecular complexity index is 277. The van der Waals surface area contributed by atoms with Gasteiger partial charge in [-0.3, -0.25) is 0 Å². The Labute approximate surface area is 88.8 Å². The number of carbonyl (C=O) groups is 2. The fourth-order valence-electron chi connectivity index (χ4n) is 2.00. The minimum absolute atomic E-state index is 0.0581. The van der Waals surface area contributed by atoms with Gasteiger partial charge in [-0.15, -0.1) is 0 Å². The molecular weight excluding hydrogens is 196 g/mol. The summed E-state index contributed by atoms with van der Waals surface area (Å²) >= 11 is 0. The second kappa shape index (κ2) is 3.96. The standard InChI is InChI=1S/C9H18N4O2/c1-9(2)5(4-12-7(10)14)3-6(9)13-8(11)15/h5-6H,3-4H2,1-2H3,(H3,10,12,14)(H3,11,13,15). The van der Waals surface area contributed by atoms with E-state index in [2.05, 4.69) is 10.6 Å². The SMILES string of the molecule is CC1(C)C(CNC(N)=O)CC1NC(N)=O. The highest BCUT2D eigenvalue weighted by Crippen LogP contribution is 2.45. The van der Waals surface area contributed by atoms with E-state index in [4.69, 9.17) is 11.5 Å². The highest BCUT2D eigenvalue weighted by molar-refractivity contribution is 5.72. The molecule has 0 aromatic carbocycles. The summed E-state index contributed by atoms with van der Waals surface area (Å²) in [6, 6.07) is -0.943. The van der Waals surface area contributed by atoms with Gasteiger partial charge in [0.15, 0.2) is 0 Å². The topological polar surface area (TPSA) is 110 Å². The molecule has 1 saturated carbocycles. The highest BCUT2D eigenvalue weighted by atomic mass is 16.2. The lowest BCUT2D eigenvalue weighted by molar-refractivity contribution is 0.0239. The summed E-state index contributed by atoms with van der Waals surface area (Å²) in [6.45, 7) is 4.61. The Balaban J connectivity index is 2.41. The van der Waals surface area contributed by atoms with E-state index in [9.17, 15) is 9.59 Å². The molecule has 0 heterocycles. The Morgan fingerprint density at radius 3 is 2.33 bits per heavy atom. The van der Waals surface area contributed by atoms with Crippen molar-refractivity contribution in [2.75, 3.05) is 6.54 Å². The van der Waals surface area contributed by atoms with Gasteiger partial charge in [0.25, 0.3) is 0 Å². The number of rotatable bonds is 3. The van der Waals surface area contributed by atoms with Crippen molar-refractivity contribution < 1.29 is 9.59 Å². The lowest BCUT2D eigenvalue weighted by atomic mass is 9.58. The van der Waals surface area contributed by atoms with Crippen molar-refractivity contribution in [1.29, 1.82) is 0 Å². The molecule has 6 N–H and O–H groups in total. The molecule has 2 atom stereocenters. The van der Waals surface area contributed by atoms with Gasteiger partial charge in [-0.1, -0.05) is 13.8 Å². The predicted molar refractivity (Wildman–Crippen MR) is 56.0 cm³/mol. The van der Waals surface area contributed by atoms with Crippen LogP contribution in [-0.2, 0) is 0 Å². The summed E-state index contributed by atoms with van der Waals surface area (Å²) < 4.78 is 0. The fraction of sp³-hybridized carbons (Fsp3) is 0.778. The molecule has 1 fully saturated rings. The van der Waals surface area contributed by atoms with E-state index in [0.717, 1.165) is 6.42 Å². The smallest absolute Gasteiger partial charge is 0.312 e. The van der Waals surface area contributed by atoms with Crippen LogP contribution in [0.3, 0.4) is 0 Å². The summed E-state index contributed by atoms with van der Waals surface area (Å²) in [4.78, 5) is 21.2. The van der Waals surface area contributed by atoms with Gasteiger partial charge >= 0.3 is 12.1 Å². The molecule has 0 spiro atoms. The van der Waals surface area contributed by atoms with Crippen LogP contribution in [-0.4, -0.2) is 24.6 Å². The van der Waals surface area contributed by atoms with Crippen LogP contribution in [0.15, 0.2) is 0 Å². The molecule has 0 aromatic heterocycles. The van der Waals surface area contributed by atoms with Gasteiger partial charge in [-0.05, 0) is 17.8 Å². The molecule has 2 unspecified atom stereocenters. The number of carbonyl (C=O) groups excluding carboxylic acids is 2. The first-order valence-electron chi connectivity index (χ1n) is 4.93. The van der Waals surface area contributed by atoms with Crippen molar-refractivity contribution >= 4 is 12.1 Å². The van der Waals surface area contributed by atoms with E-state index < -0.39 is 12.1 Å². The molecule has 6 heteroatoms. The largest absolute Gasteiger partial charge is 0.352 e. The molecule has 0 bridgehead atoms. The molecule has 1 aliphatic rings. The van der Waals surface area contributed by atoms with Crippen molar-refractivity contribution in [3.63, 3.8) is 0 Å². The van der Waals surface area contributed by atoms with Crippen LogP contribution < -0.4 is 22.1 Å². The molecule has 1 rings (SSSR count). The second-order valence-corrected chi connectivity index (χ2v) is 4.56. The molecule has 15 heavy (non-hydrogen) atoms. The first kappa shape index (κ1) is 11.6. The van der Waals surface area contributed by atoms with E-state index in [1.807, 2.05) is 13.8 Å². The number of primary amides is 2. The average molecular weight is 214 g/mol. The Morgan fingerprint density at radius 2 is 1.93 bits per heavy atom. The zero-order valence-electron chi connectivity index (χ0n) is 9.04. The number of hydrogen-bond donors (Lipinski definition) is 4. The van der Waals surface area contributed by atoms with Crippen LogP contribution in [0.4, 0.5) is 9.59 Å². The van der Waals surface area contributed by atoms with Crippen molar-refractivity contribution in [1.82, 2.24) is 10.6 Å². The summed E-state index contributed by atoms with van der Waals surface area (Å²) in [5.41, 5.74) is 9.98. The molecule has 0 saturated heterocycles. The minimum Gasteiger partial charge on any atom is -0.352 e. The molecular formula is C9H18N4O2. The van der Waals surface area contributed by atoms with Crippen molar-refractivity contribution in [3.05, 3.63) is 0 Å². The maximum absolute atomic E-state index is 10.7. The number of hydrogen-bond acceptors (Lipinski definition) is 2. The molecule has 4 amide bonds. The first-order chi connectivity index (χ1) is 6.84. The van der Waals surface area contributed by atoms with E-state index in [0.29, 0.717) is 12.5 Å². The quantitative estimate of drug-likeness (QED) is 0.519. The minimum atomic E-state index is -0.517. The fourth-order valence-corrected chi connectivity index (χ4v) is 2.00. The van der Waals surface area contributed by atoms with Crippen LogP contribution in [0.1, 0.15) is 20.3 Å². The van der Waals surface area contributed by atoms with Crippen molar-refractivity contribution in [3.8, 4) is 0 Å². The predicted octanol–water partition coefficient (Wildman–Crippen LogP) is -0.262. The molecule has 1 aliphatic carbocycles. The summed E-state index contributed by atoms with van der Waals surface area (Å²) in [5, 5.41) is 5.25. The lowest BCUT2D eigenvalue weighted by Gasteiger charge is -2.52. The normalized spacial score (nSPS) is 27.6. The molecule has 0 radical (unpaired) electrons. The number of nitrogens with one attached hydrogen (secondary N) is 2. The zero-order valence-corrected chi connectivity index (χ0v) is 9.04. The summed E-state index contributed by atoms with van der Waals surface area (Å²) in [7, 11) is 0. The number of nitrogens with two attached hydrogens (primary N) is 2. The van der Waals surface area contributed by atoms with Gasteiger partial charge in [0.1, 0.15) is 0 Å². The molecule has 6 nitrogen and oxygen atoms in total. The van der Waals surface area contributed by atoms with Gasteiger partial charge in [0.05, 0.1) is 0 Å². The van der Waals surface area contributed by atoms with Gasteiger partial charge in [-0.2, -0.15) is 0 Å². The maximum atomic E-state index is 10.7. The third-order valence-corrected chi connectivity index (χ3v) is 3.31. The lowest BCUT2D eigenvalue weighted by Crippen LogP contribution is -2.61. The first-order valence-corrected chi connectivity index (χ1v) is 4.93. The highest BCUT2D eigenvalue weighted by Gasteiger charge is 2.48. The Kier molecular flexibility index (Phi) is 3.06. The van der Waals surface area contributed by atoms with E-state index >= 15 is 0 Å². The van der Waals surface area contributed by atoms with Gasteiger partial charge in [0.2, 0.25) is 0 Å². The van der Waals surface area contributed by atoms with Gasteiger partial charge in [0, 0.05) is 12.6 Å². The second-order valence-electron chi connectivity index (χ2n) is 4.56. The van der Waals surface area contributed by atoms with Crippen molar-refractivity contribution in [2.45, 2.75) is 26.3 Å². The van der Waals surface area contributed by atoms with E-state index in [-0.39, 0.29) is 11.5 Å². The van der Waals surface area contributed by atoms with E-state index in [1.54, 1.807) is 0 Å². The van der Waals surface area contributed by atoms with Crippen LogP contribution in [0.25, 0.3) is 0 Å².